The molecule has 1 aromatic heterocycles. The lowest BCUT2D eigenvalue weighted by molar-refractivity contribution is 0.0952. The first-order valence-corrected chi connectivity index (χ1v) is 8.79. The molecule has 27 heavy (non-hydrogen) atoms. The molecule has 0 spiro atoms. The predicted molar refractivity (Wildman–Crippen MR) is 106 cm³/mol. The molecule has 134 valence electrons. The van der Waals surface area contributed by atoms with E-state index in [-0.39, 0.29) is 11.7 Å². The second kappa shape index (κ2) is 7.13. The van der Waals surface area contributed by atoms with Crippen LogP contribution >= 0.6 is 11.6 Å². The molecule has 0 aliphatic rings. The van der Waals surface area contributed by atoms with E-state index in [1.54, 1.807) is 36.4 Å². The van der Waals surface area contributed by atoms with Gasteiger partial charge in [0.15, 0.2) is 0 Å². The van der Waals surface area contributed by atoms with Gasteiger partial charge in [0, 0.05) is 17.1 Å². The summed E-state index contributed by atoms with van der Waals surface area (Å²) in [6.07, 6.45) is 0. The maximum absolute atomic E-state index is 12.7. The lowest BCUT2D eigenvalue weighted by atomic mass is 10.1. The van der Waals surface area contributed by atoms with Gasteiger partial charge in [-0.2, -0.15) is 0 Å². The Hall–Kier alpha value is -3.31. The Labute approximate surface area is 160 Å². The number of aromatic hydroxyl groups is 1. The maximum atomic E-state index is 12.7. The van der Waals surface area contributed by atoms with Crippen LogP contribution in [-0.2, 0) is 6.54 Å². The van der Waals surface area contributed by atoms with Crippen LogP contribution < -0.4 is 5.32 Å². The zero-order valence-electron chi connectivity index (χ0n) is 14.2. The van der Waals surface area contributed by atoms with Gasteiger partial charge < -0.3 is 15.4 Å². The fraction of sp³-hybridized carbons (Fsp3) is 0.0476. The quantitative estimate of drug-likeness (QED) is 0.489. The summed E-state index contributed by atoms with van der Waals surface area (Å²) < 4.78 is 0. The molecular weight excluding hydrogens is 362 g/mol. The number of para-hydroxylation sites is 1. The summed E-state index contributed by atoms with van der Waals surface area (Å²) in [7, 11) is 0. The van der Waals surface area contributed by atoms with E-state index in [1.165, 1.54) is 0 Å². The topological polar surface area (TPSA) is 78.0 Å². The molecule has 4 rings (SSSR count). The maximum Gasteiger partial charge on any atom is 0.253 e. The van der Waals surface area contributed by atoms with Crippen LogP contribution in [0.2, 0.25) is 5.02 Å². The van der Waals surface area contributed by atoms with Crippen LogP contribution in [0.3, 0.4) is 0 Å². The van der Waals surface area contributed by atoms with E-state index < -0.39 is 0 Å². The number of hydrogen-bond acceptors (Lipinski definition) is 3. The van der Waals surface area contributed by atoms with Crippen molar-refractivity contribution in [2.24, 2.45) is 0 Å². The minimum Gasteiger partial charge on any atom is -0.508 e. The summed E-state index contributed by atoms with van der Waals surface area (Å²) in [6, 6.07) is 19.5. The number of aromatic nitrogens is 2. The van der Waals surface area contributed by atoms with Crippen LogP contribution in [0.25, 0.3) is 22.4 Å². The zero-order valence-corrected chi connectivity index (χ0v) is 15.0. The Kier molecular flexibility index (Phi) is 4.52. The Morgan fingerprint density at radius 3 is 2.63 bits per heavy atom. The van der Waals surface area contributed by atoms with Gasteiger partial charge in [0.25, 0.3) is 5.91 Å². The van der Waals surface area contributed by atoms with Crippen molar-refractivity contribution in [3.05, 3.63) is 82.9 Å². The summed E-state index contributed by atoms with van der Waals surface area (Å²) >= 11 is 5.98. The van der Waals surface area contributed by atoms with E-state index in [4.69, 9.17) is 11.6 Å². The van der Waals surface area contributed by atoms with Crippen LogP contribution in [0.15, 0.2) is 66.7 Å². The first-order valence-electron chi connectivity index (χ1n) is 8.41. The number of aromatic amines is 1. The van der Waals surface area contributed by atoms with Gasteiger partial charge in [-0.15, -0.1) is 0 Å². The minimum absolute atomic E-state index is 0.191. The molecule has 0 atom stereocenters. The zero-order chi connectivity index (χ0) is 18.8. The molecule has 0 saturated heterocycles. The number of fused-ring (bicyclic) bond motifs is 1. The molecule has 1 amide bonds. The molecule has 0 saturated carbocycles. The second-order valence-corrected chi connectivity index (χ2v) is 6.58. The molecule has 0 fully saturated rings. The lowest BCUT2D eigenvalue weighted by Crippen LogP contribution is -2.23. The highest BCUT2D eigenvalue weighted by molar-refractivity contribution is 6.30. The number of halogens is 1. The van der Waals surface area contributed by atoms with E-state index >= 15 is 0 Å². The van der Waals surface area contributed by atoms with Gasteiger partial charge in [-0.25, -0.2) is 4.98 Å². The Morgan fingerprint density at radius 1 is 1.07 bits per heavy atom. The minimum atomic E-state index is -0.204. The van der Waals surface area contributed by atoms with E-state index in [0.717, 1.165) is 16.6 Å². The number of hydrogen-bond donors (Lipinski definition) is 3. The standard InChI is InChI=1S/C21H16ClN3O2/c22-15-4-1-3-13(11-15)12-23-21(27)17-5-2-6-18-19(17)25-20(24-18)14-7-9-16(26)10-8-14/h1-11,26H,12H2,(H,23,27)(H,24,25). The fourth-order valence-electron chi connectivity index (χ4n) is 2.90. The van der Waals surface area contributed by atoms with Crippen molar-refractivity contribution in [1.29, 1.82) is 0 Å². The molecule has 0 radical (unpaired) electrons. The summed E-state index contributed by atoms with van der Waals surface area (Å²) in [6.45, 7) is 0.380. The summed E-state index contributed by atoms with van der Waals surface area (Å²) in [4.78, 5) is 20.5. The van der Waals surface area contributed by atoms with Crippen LogP contribution in [0.1, 0.15) is 15.9 Å². The van der Waals surface area contributed by atoms with Gasteiger partial charge in [0.05, 0.1) is 11.1 Å². The third-order valence-corrected chi connectivity index (χ3v) is 4.48. The molecule has 3 aromatic carbocycles. The number of nitrogens with zero attached hydrogens (tertiary/aromatic N) is 1. The van der Waals surface area contributed by atoms with Crippen molar-refractivity contribution in [2.75, 3.05) is 0 Å². The van der Waals surface area contributed by atoms with Gasteiger partial charge >= 0.3 is 0 Å². The smallest absolute Gasteiger partial charge is 0.253 e. The number of rotatable bonds is 4. The molecule has 1 heterocycles. The Balaban J connectivity index is 1.61. The SMILES string of the molecule is O=C(NCc1cccc(Cl)c1)c1cccc2[nH]c(-c3ccc(O)cc3)nc12. The summed E-state index contributed by atoms with van der Waals surface area (Å²) in [5, 5.41) is 13.0. The number of carbonyl (C=O) groups excluding carboxylic acids is 1. The van der Waals surface area contributed by atoms with Crippen molar-refractivity contribution in [3.8, 4) is 17.1 Å². The van der Waals surface area contributed by atoms with Gasteiger partial charge in [-0.1, -0.05) is 29.8 Å². The van der Waals surface area contributed by atoms with Gasteiger partial charge in [0.2, 0.25) is 0 Å². The monoisotopic (exact) mass is 377 g/mol. The van der Waals surface area contributed by atoms with E-state index in [9.17, 15) is 9.90 Å². The van der Waals surface area contributed by atoms with Crippen molar-refractivity contribution >= 4 is 28.5 Å². The van der Waals surface area contributed by atoms with Gasteiger partial charge in [0.1, 0.15) is 17.1 Å². The number of phenols is 1. The number of benzene rings is 3. The highest BCUT2D eigenvalue weighted by Crippen LogP contribution is 2.24. The molecule has 4 aromatic rings. The van der Waals surface area contributed by atoms with Crippen molar-refractivity contribution in [3.63, 3.8) is 0 Å². The summed E-state index contributed by atoms with van der Waals surface area (Å²) in [5.41, 5.74) is 3.62. The first kappa shape index (κ1) is 17.1. The molecule has 5 nitrogen and oxygen atoms in total. The molecular formula is C21H16ClN3O2. The number of H-pyrrole nitrogens is 1. The lowest BCUT2D eigenvalue weighted by Gasteiger charge is -2.06. The number of amides is 1. The molecule has 0 unspecified atom stereocenters. The first-order chi connectivity index (χ1) is 13.1. The number of nitrogens with one attached hydrogen (secondary N) is 2. The largest absolute Gasteiger partial charge is 0.508 e. The Bertz CT molecular complexity index is 1120. The van der Waals surface area contributed by atoms with E-state index in [2.05, 4.69) is 15.3 Å². The van der Waals surface area contributed by atoms with Crippen molar-refractivity contribution in [1.82, 2.24) is 15.3 Å². The van der Waals surface area contributed by atoms with Crippen molar-refractivity contribution in [2.45, 2.75) is 6.54 Å². The number of phenolic OH excluding ortho intramolecular Hbond substituents is 1. The van der Waals surface area contributed by atoms with Gasteiger partial charge in [-0.05, 0) is 54.1 Å². The summed E-state index contributed by atoms with van der Waals surface area (Å²) in [5.74, 6) is 0.625. The van der Waals surface area contributed by atoms with Crippen LogP contribution in [0, 0.1) is 0 Å². The third kappa shape index (κ3) is 3.64. The fourth-order valence-corrected chi connectivity index (χ4v) is 3.11. The number of carbonyl (C=O) groups is 1. The van der Waals surface area contributed by atoms with Gasteiger partial charge in [-0.3, -0.25) is 4.79 Å². The van der Waals surface area contributed by atoms with Crippen LogP contribution in [-0.4, -0.2) is 21.0 Å². The predicted octanol–water partition coefficient (Wildman–Crippen LogP) is 4.52. The highest BCUT2D eigenvalue weighted by atomic mass is 35.5. The van der Waals surface area contributed by atoms with E-state index in [1.807, 2.05) is 30.3 Å². The molecule has 3 N–H and O–H groups in total. The normalized spacial score (nSPS) is 10.9. The average Bonchev–Trinajstić information content (AvgIpc) is 3.11. The molecule has 0 aliphatic heterocycles. The number of imidazole rings is 1. The highest BCUT2D eigenvalue weighted by Gasteiger charge is 2.14. The van der Waals surface area contributed by atoms with E-state index in [0.29, 0.717) is 28.5 Å². The molecule has 0 bridgehead atoms. The Morgan fingerprint density at radius 2 is 1.85 bits per heavy atom. The second-order valence-electron chi connectivity index (χ2n) is 6.15. The van der Waals surface area contributed by atoms with Crippen LogP contribution in [0.5, 0.6) is 5.75 Å². The molecule has 6 heteroatoms. The van der Waals surface area contributed by atoms with Crippen LogP contribution in [0.4, 0.5) is 0 Å². The molecule has 0 aliphatic carbocycles. The third-order valence-electron chi connectivity index (χ3n) is 4.24. The van der Waals surface area contributed by atoms with Crippen molar-refractivity contribution < 1.29 is 9.90 Å². The average molecular weight is 378 g/mol.